The molecule has 14 nitrogen and oxygen atoms in total. The summed E-state index contributed by atoms with van der Waals surface area (Å²) >= 11 is 0. The van der Waals surface area contributed by atoms with Gasteiger partial charge in [0.15, 0.2) is 0 Å². The number of piperidine rings is 1. The van der Waals surface area contributed by atoms with Crippen molar-refractivity contribution in [3.63, 3.8) is 0 Å². The van der Waals surface area contributed by atoms with Crippen molar-refractivity contribution in [2.75, 3.05) is 57.9 Å². The summed E-state index contributed by atoms with van der Waals surface area (Å²) in [4.78, 5) is 36.2. The smallest absolute Gasteiger partial charge is 0.407 e. The highest BCUT2D eigenvalue weighted by molar-refractivity contribution is 7.93. The molecule has 0 radical (unpaired) electrons. The van der Waals surface area contributed by atoms with E-state index in [9.17, 15) is 23.6 Å². The average molecular weight is 691 g/mol. The lowest BCUT2D eigenvalue weighted by Crippen LogP contribution is -2.67. The van der Waals surface area contributed by atoms with Crippen LogP contribution < -0.4 is 23.8 Å². The fourth-order valence-corrected chi connectivity index (χ4v) is 9.03. The van der Waals surface area contributed by atoms with Crippen LogP contribution in [0.5, 0.6) is 17.4 Å². The minimum absolute atomic E-state index is 0.0162. The van der Waals surface area contributed by atoms with Crippen molar-refractivity contribution in [1.29, 1.82) is 5.26 Å². The minimum atomic E-state index is -4.73. The first kappa shape index (κ1) is 34.0. The molecule has 2 unspecified atom stereocenters. The number of nitrogens with one attached hydrogen (secondary N) is 1. The first-order chi connectivity index (χ1) is 23.6. The van der Waals surface area contributed by atoms with E-state index in [1.165, 1.54) is 61.7 Å². The number of pyridine rings is 1. The van der Waals surface area contributed by atoms with E-state index in [2.05, 4.69) is 21.3 Å². The van der Waals surface area contributed by atoms with Crippen molar-refractivity contribution in [3.8, 4) is 23.4 Å². The number of methoxy groups -OCH3 is 2. The summed E-state index contributed by atoms with van der Waals surface area (Å²) in [6.07, 6.45) is 1.87. The molecule has 6 rings (SSSR count). The van der Waals surface area contributed by atoms with Gasteiger partial charge in [-0.2, -0.15) is 5.26 Å². The Morgan fingerprint density at radius 3 is 2.55 bits per heavy atom. The third-order valence-electron chi connectivity index (χ3n) is 9.64. The van der Waals surface area contributed by atoms with E-state index in [1.54, 1.807) is 19.1 Å². The summed E-state index contributed by atoms with van der Waals surface area (Å²) < 4.78 is 47.0. The molecular weight excluding hydrogens is 652 g/mol. The maximum absolute atomic E-state index is 15.6. The summed E-state index contributed by atoms with van der Waals surface area (Å²) in [6, 6.07) is 12.8. The number of anilines is 1. The van der Waals surface area contributed by atoms with Crippen LogP contribution in [0.3, 0.4) is 0 Å². The standard InChI is InChI=1S/C34H38N6O8S/c1-4-48-31-25(6-5-13-37-31)34(30-21-38(16-17-39(30)33(42)43)23-11-14-36-15-12-23)26-18-22(20-35)7-9-27(26)40(32(34)41)49(44,45)29-10-8-24(46-2)19-28(29)47-3/h5-10,13,18-19,23,30,36H,4,11-12,14-17,21H2,1-3H3,(H,42,43). The van der Waals surface area contributed by atoms with Gasteiger partial charge in [-0.05, 0) is 69.3 Å². The number of nitrogens with zero attached hydrogens (tertiary/aromatic N) is 5. The molecule has 0 spiro atoms. The lowest BCUT2D eigenvalue weighted by Gasteiger charge is -2.50. The molecule has 4 heterocycles. The number of fused-ring (bicyclic) bond motifs is 1. The molecule has 0 bridgehead atoms. The summed E-state index contributed by atoms with van der Waals surface area (Å²) in [5.74, 6) is -0.589. The van der Waals surface area contributed by atoms with Crippen LogP contribution in [0, 0.1) is 11.3 Å². The Bertz CT molecular complexity index is 1910. The molecule has 49 heavy (non-hydrogen) atoms. The number of amides is 2. The summed E-state index contributed by atoms with van der Waals surface area (Å²) in [7, 11) is -1.99. The number of carbonyl (C=O) groups is 2. The predicted molar refractivity (Wildman–Crippen MR) is 178 cm³/mol. The zero-order valence-corrected chi connectivity index (χ0v) is 28.3. The van der Waals surface area contributed by atoms with Gasteiger partial charge in [0.25, 0.3) is 15.9 Å². The Kier molecular flexibility index (Phi) is 9.39. The Balaban J connectivity index is 1.66. The maximum atomic E-state index is 15.6. The van der Waals surface area contributed by atoms with Gasteiger partial charge >= 0.3 is 6.09 Å². The molecule has 2 atom stereocenters. The lowest BCUT2D eigenvalue weighted by molar-refractivity contribution is -0.124. The van der Waals surface area contributed by atoms with Crippen LogP contribution in [0.25, 0.3) is 0 Å². The zero-order chi connectivity index (χ0) is 34.9. The van der Waals surface area contributed by atoms with Gasteiger partial charge in [0.1, 0.15) is 21.8 Å². The Morgan fingerprint density at radius 1 is 1.10 bits per heavy atom. The summed E-state index contributed by atoms with van der Waals surface area (Å²) in [6.45, 7) is 4.10. The molecule has 2 fully saturated rings. The molecule has 0 saturated carbocycles. The van der Waals surface area contributed by atoms with Crippen molar-refractivity contribution in [1.82, 2.24) is 20.1 Å². The third kappa shape index (κ3) is 5.59. The van der Waals surface area contributed by atoms with E-state index in [0.717, 1.165) is 25.9 Å². The Labute approximate surface area is 284 Å². The van der Waals surface area contributed by atoms with Gasteiger partial charge < -0.3 is 29.5 Å². The number of hydrogen-bond acceptors (Lipinski definition) is 11. The van der Waals surface area contributed by atoms with E-state index >= 15 is 4.79 Å². The number of ether oxygens (including phenoxy) is 3. The Morgan fingerprint density at radius 2 is 1.88 bits per heavy atom. The largest absolute Gasteiger partial charge is 0.497 e. The molecular formula is C34H38N6O8S. The summed E-state index contributed by atoms with van der Waals surface area (Å²) in [5.41, 5.74) is -1.51. The second kappa shape index (κ2) is 13.5. The van der Waals surface area contributed by atoms with Gasteiger partial charge in [-0.3, -0.25) is 9.69 Å². The van der Waals surface area contributed by atoms with Crippen LogP contribution in [0.4, 0.5) is 10.5 Å². The van der Waals surface area contributed by atoms with Gasteiger partial charge in [-0.25, -0.2) is 22.5 Å². The first-order valence-corrected chi connectivity index (χ1v) is 17.5. The fraction of sp³-hybridized carbons (Fsp3) is 0.412. The van der Waals surface area contributed by atoms with Crippen molar-refractivity contribution >= 4 is 27.7 Å². The number of carboxylic acid groups (broad SMARTS) is 1. The van der Waals surface area contributed by atoms with Crippen molar-refractivity contribution in [3.05, 3.63) is 71.4 Å². The van der Waals surface area contributed by atoms with Crippen LogP contribution in [0.2, 0.25) is 0 Å². The number of carbonyl (C=O) groups excluding carboxylic acids is 1. The number of aromatic nitrogens is 1. The molecule has 2 aromatic carbocycles. The second-order valence-electron chi connectivity index (χ2n) is 12.0. The maximum Gasteiger partial charge on any atom is 0.407 e. The highest BCUT2D eigenvalue weighted by Crippen LogP contribution is 2.54. The Hall–Kier alpha value is -4.91. The van der Waals surface area contributed by atoms with Crippen LogP contribution >= 0.6 is 0 Å². The summed E-state index contributed by atoms with van der Waals surface area (Å²) in [5, 5.41) is 24.1. The number of nitriles is 1. The van der Waals surface area contributed by atoms with E-state index in [-0.39, 0.29) is 64.6 Å². The van der Waals surface area contributed by atoms with Crippen LogP contribution in [0.1, 0.15) is 36.5 Å². The number of benzene rings is 2. The normalized spacial score (nSPS) is 21.6. The SMILES string of the molecule is CCOc1ncccc1C1(C2CN(C3CCNCC3)CCN2C(=O)O)C(=O)N(S(=O)(=O)c2ccc(OC)cc2OC)c2ccc(C#N)cc21. The van der Waals surface area contributed by atoms with E-state index < -0.39 is 33.5 Å². The molecule has 2 N–H and O–H groups in total. The number of sulfonamides is 1. The minimum Gasteiger partial charge on any atom is -0.497 e. The highest BCUT2D eigenvalue weighted by atomic mass is 32.2. The molecule has 258 valence electrons. The molecule has 1 aromatic heterocycles. The molecule has 3 aliphatic heterocycles. The number of piperazine rings is 1. The topological polar surface area (TPSA) is 175 Å². The first-order valence-electron chi connectivity index (χ1n) is 16.0. The average Bonchev–Trinajstić information content (AvgIpc) is 3.39. The lowest BCUT2D eigenvalue weighted by atomic mass is 9.68. The zero-order valence-electron chi connectivity index (χ0n) is 27.5. The molecule has 3 aliphatic rings. The molecule has 3 aromatic rings. The van der Waals surface area contributed by atoms with Gasteiger partial charge in [0.05, 0.1) is 44.2 Å². The van der Waals surface area contributed by atoms with Crippen LogP contribution in [-0.2, 0) is 20.2 Å². The molecule has 0 aliphatic carbocycles. The third-order valence-corrected chi connectivity index (χ3v) is 11.4. The van der Waals surface area contributed by atoms with Crippen LogP contribution in [0.15, 0.2) is 59.6 Å². The van der Waals surface area contributed by atoms with Crippen molar-refractivity contribution in [2.45, 2.75) is 42.2 Å². The second-order valence-corrected chi connectivity index (χ2v) is 13.8. The van der Waals surface area contributed by atoms with Gasteiger partial charge in [-0.15, -0.1) is 0 Å². The monoisotopic (exact) mass is 690 g/mol. The van der Waals surface area contributed by atoms with Gasteiger partial charge in [0, 0.05) is 49.1 Å². The number of hydrogen-bond donors (Lipinski definition) is 2. The highest BCUT2D eigenvalue weighted by Gasteiger charge is 2.64. The van der Waals surface area contributed by atoms with E-state index in [0.29, 0.717) is 16.6 Å². The molecule has 2 amide bonds. The fourth-order valence-electron chi connectivity index (χ4n) is 7.42. The molecule has 15 heteroatoms. The van der Waals surface area contributed by atoms with Crippen molar-refractivity contribution in [2.24, 2.45) is 0 Å². The predicted octanol–water partition coefficient (Wildman–Crippen LogP) is 2.81. The quantitative estimate of drug-likeness (QED) is 0.337. The van der Waals surface area contributed by atoms with Gasteiger partial charge in [0.2, 0.25) is 5.88 Å². The van der Waals surface area contributed by atoms with E-state index in [1.807, 2.05) is 0 Å². The van der Waals surface area contributed by atoms with Gasteiger partial charge in [-0.1, -0.05) is 6.07 Å². The van der Waals surface area contributed by atoms with Crippen LogP contribution in [-0.4, -0.2) is 106 Å². The van der Waals surface area contributed by atoms with E-state index in [4.69, 9.17) is 14.2 Å². The van der Waals surface area contributed by atoms with Crippen molar-refractivity contribution < 1.29 is 37.3 Å². The molecule has 2 saturated heterocycles. The number of rotatable bonds is 9.